The summed E-state index contributed by atoms with van der Waals surface area (Å²) in [4.78, 5) is 41.0. The number of methoxy groups -OCH3 is 1. The summed E-state index contributed by atoms with van der Waals surface area (Å²) in [5.41, 5.74) is 0.450. The first-order valence-corrected chi connectivity index (χ1v) is 9.51. The number of carbonyl (C=O) groups excluding carboxylic acids is 1. The van der Waals surface area contributed by atoms with Gasteiger partial charge in [-0.2, -0.15) is 0 Å². The lowest BCUT2D eigenvalue weighted by Gasteiger charge is -2.09. The van der Waals surface area contributed by atoms with Crippen LogP contribution in [0.25, 0.3) is 11.2 Å². The van der Waals surface area contributed by atoms with E-state index in [0.717, 1.165) is 4.57 Å². The number of benzene rings is 1. The zero-order chi connectivity index (χ0) is 20.4. The maximum atomic E-state index is 12.3. The molecule has 3 rings (SSSR count). The third-order valence-corrected chi connectivity index (χ3v) is 5.40. The molecule has 0 unspecified atom stereocenters. The molecular formula is C18H21N5O4S. The van der Waals surface area contributed by atoms with Gasteiger partial charge in [0.1, 0.15) is 5.75 Å². The Labute approximate surface area is 164 Å². The number of para-hydroxylation sites is 2. The molecule has 0 atom stereocenters. The smallest absolute Gasteiger partial charge is 0.332 e. The van der Waals surface area contributed by atoms with Gasteiger partial charge < -0.3 is 14.6 Å². The van der Waals surface area contributed by atoms with Crippen molar-refractivity contribution < 1.29 is 9.53 Å². The SMILES string of the molecule is COc1ccccc1NC(=O)CCSc1nc2c(=O)n(C)c(=O)n(C)c2n1C. The molecule has 1 N–H and O–H groups in total. The van der Waals surface area contributed by atoms with Crippen LogP contribution in [-0.2, 0) is 25.9 Å². The molecule has 0 aliphatic carbocycles. The second-order valence-electron chi connectivity index (χ2n) is 6.18. The van der Waals surface area contributed by atoms with E-state index in [-0.39, 0.29) is 17.8 Å². The van der Waals surface area contributed by atoms with Crippen LogP contribution in [0, 0.1) is 0 Å². The van der Waals surface area contributed by atoms with Crippen molar-refractivity contribution in [3.8, 4) is 5.75 Å². The molecule has 9 nitrogen and oxygen atoms in total. The van der Waals surface area contributed by atoms with E-state index in [1.165, 1.54) is 23.4 Å². The molecule has 28 heavy (non-hydrogen) atoms. The van der Waals surface area contributed by atoms with Crippen LogP contribution in [0.1, 0.15) is 6.42 Å². The van der Waals surface area contributed by atoms with Crippen LogP contribution in [0.4, 0.5) is 5.69 Å². The molecule has 0 bridgehead atoms. The van der Waals surface area contributed by atoms with Crippen LogP contribution in [-0.4, -0.2) is 37.5 Å². The monoisotopic (exact) mass is 403 g/mol. The van der Waals surface area contributed by atoms with E-state index in [1.807, 2.05) is 12.1 Å². The molecule has 1 amide bonds. The fraction of sp³-hybridized carbons (Fsp3) is 0.333. The minimum Gasteiger partial charge on any atom is -0.495 e. The first kappa shape index (κ1) is 19.7. The van der Waals surface area contributed by atoms with Crippen molar-refractivity contribution in [2.45, 2.75) is 11.6 Å². The molecule has 0 aliphatic heterocycles. The van der Waals surface area contributed by atoms with E-state index >= 15 is 0 Å². The normalized spacial score (nSPS) is 11.0. The topological polar surface area (TPSA) is 100 Å². The molecule has 0 saturated heterocycles. The van der Waals surface area contributed by atoms with Gasteiger partial charge >= 0.3 is 5.69 Å². The lowest BCUT2D eigenvalue weighted by atomic mass is 10.3. The number of amides is 1. The van der Waals surface area contributed by atoms with Gasteiger partial charge in [0.15, 0.2) is 16.3 Å². The Morgan fingerprint density at radius 3 is 2.57 bits per heavy atom. The Morgan fingerprint density at radius 1 is 1.14 bits per heavy atom. The number of nitrogens with one attached hydrogen (secondary N) is 1. The number of anilines is 1. The molecule has 2 aromatic heterocycles. The van der Waals surface area contributed by atoms with Crippen LogP contribution in [0.15, 0.2) is 39.0 Å². The number of hydrogen-bond acceptors (Lipinski definition) is 6. The third kappa shape index (κ3) is 3.55. The molecule has 10 heteroatoms. The molecule has 0 aliphatic rings. The van der Waals surface area contributed by atoms with Gasteiger partial charge in [0.2, 0.25) is 5.91 Å². The number of thioether (sulfide) groups is 1. The summed E-state index contributed by atoms with van der Waals surface area (Å²) in [5.74, 6) is 0.904. The summed E-state index contributed by atoms with van der Waals surface area (Å²) < 4.78 is 9.34. The third-order valence-electron chi connectivity index (χ3n) is 4.36. The van der Waals surface area contributed by atoms with Crippen molar-refractivity contribution in [2.24, 2.45) is 21.1 Å². The van der Waals surface area contributed by atoms with Crippen molar-refractivity contribution in [2.75, 3.05) is 18.2 Å². The summed E-state index contributed by atoms with van der Waals surface area (Å²) in [7, 11) is 6.31. The number of carbonyl (C=O) groups is 1. The Kier molecular flexibility index (Phi) is 5.59. The molecular weight excluding hydrogens is 382 g/mol. The number of ether oxygens (including phenoxy) is 1. The minimum absolute atomic E-state index is 0.154. The lowest BCUT2D eigenvalue weighted by Crippen LogP contribution is -2.37. The van der Waals surface area contributed by atoms with E-state index in [2.05, 4.69) is 10.3 Å². The van der Waals surface area contributed by atoms with Crippen LogP contribution >= 0.6 is 11.8 Å². The number of nitrogens with zero attached hydrogens (tertiary/aromatic N) is 4. The maximum Gasteiger partial charge on any atom is 0.332 e. The van der Waals surface area contributed by atoms with Crippen molar-refractivity contribution in [1.82, 2.24) is 18.7 Å². The van der Waals surface area contributed by atoms with Gasteiger partial charge in [0, 0.05) is 33.3 Å². The quantitative estimate of drug-likeness (QED) is 0.619. The van der Waals surface area contributed by atoms with E-state index in [9.17, 15) is 14.4 Å². The van der Waals surface area contributed by atoms with Crippen LogP contribution < -0.4 is 21.3 Å². The summed E-state index contributed by atoms with van der Waals surface area (Å²) in [6, 6.07) is 7.19. The van der Waals surface area contributed by atoms with Gasteiger partial charge in [-0.1, -0.05) is 23.9 Å². The second-order valence-corrected chi connectivity index (χ2v) is 7.24. The van der Waals surface area contributed by atoms with Crippen LogP contribution in [0.5, 0.6) is 5.75 Å². The first-order chi connectivity index (χ1) is 13.3. The summed E-state index contributed by atoms with van der Waals surface area (Å²) in [5, 5.41) is 3.39. The zero-order valence-corrected chi connectivity index (χ0v) is 16.9. The number of fused-ring (bicyclic) bond motifs is 1. The molecule has 0 spiro atoms. The fourth-order valence-corrected chi connectivity index (χ4v) is 3.79. The molecule has 0 saturated carbocycles. The molecule has 0 fully saturated rings. The second kappa shape index (κ2) is 7.93. The summed E-state index contributed by atoms with van der Waals surface area (Å²) in [6.07, 6.45) is 0.253. The molecule has 0 radical (unpaired) electrons. The van der Waals surface area contributed by atoms with Gasteiger partial charge in [0.25, 0.3) is 5.56 Å². The fourth-order valence-electron chi connectivity index (χ4n) is 2.88. The van der Waals surface area contributed by atoms with Gasteiger partial charge in [-0.3, -0.25) is 18.7 Å². The van der Waals surface area contributed by atoms with Gasteiger partial charge in [-0.25, -0.2) is 9.78 Å². The zero-order valence-electron chi connectivity index (χ0n) is 16.1. The average Bonchev–Trinajstić information content (AvgIpc) is 3.01. The predicted molar refractivity (Wildman–Crippen MR) is 108 cm³/mol. The Bertz CT molecular complexity index is 1160. The van der Waals surface area contributed by atoms with Gasteiger partial charge in [-0.15, -0.1) is 0 Å². The maximum absolute atomic E-state index is 12.3. The largest absolute Gasteiger partial charge is 0.495 e. The summed E-state index contributed by atoms with van der Waals surface area (Å²) >= 11 is 1.35. The highest BCUT2D eigenvalue weighted by Gasteiger charge is 2.17. The number of rotatable bonds is 6. The highest BCUT2D eigenvalue weighted by molar-refractivity contribution is 7.99. The van der Waals surface area contributed by atoms with Crippen molar-refractivity contribution in [1.29, 1.82) is 0 Å². The Balaban J connectivity index is 1.72. The van der Waals surface area contributed by atoms with Crippen molar-refractivity contribution in [3.05, 3.63) is 45.1 Å². The van der Waals surface area contributed by atoms with Gasteiger partial charge in [0.05, 0.1) is 12.8 Å². The van der Waals surface area contributed by atoms with Crippen molar-refractivity contribution >= 4 is 34.5 Å². The van der Waals surface area contributed by atoms with E-state index in [4.69, 9.17) is 4.74 Å². The van der Waals surface area contributed by atoms with Crippen LogP contribution in [0.2, 0.25) is 0 Å². The molecule has 148 valence electrons. The molecule has 1 aromatic carbocycles. The molecule has 3 aromatic rings. The van der Waals surface area contributed by atoms with Crippen LogP contribution in [0.3, 0.4) is 0 Å². The van der Waals surface area contributed by atoms with E-state index in [0.29, 0.717) is 28.0 Å². The van der Waals surface area contributed by atoms with E-state index in [1.54, 1.807) is 37.9 Å². The highest BCUT2D eigenvalue weighted by Crippen LogP contribution is 2.24. The number of imidazole rings is 1. The Morgan fingerprint density at radius 2 is 1.86 bits per heavy atom. The Hall–Kier alpha value is -3.01. The number of aryl methyl sites for hydroxylation is 2. The number of hydrogen-bond donors (Lipinski definition) is 1. The average molecular weight is 403 g/mol. The minimum atomic E-state index is -0.436. The summed E-state index contributed by atoms with van der Waals surface area (Å²) in [6.45, 7) is 0. The molecule has 2 heterocycles. The predicted octanol–water partition coefficient (Wildman–Crippen LogP) is 1.10. The lowest BCUT2D eigenvalue weighted by molar-refractivity contribution is -0.115. The first-order valence-electron chi connectivity index (χ1n) is 8.53. The van der Waals surface area contributed by atoms with Crippen molar-refractivity contribution in [3.63, 3.8) is 0 Å². The highest BCUT2D eigenvalue weighted by atomic mass is 32.2. The standard InChI is InChI=1S/C18H21N5O4S/c1-21-15-14(16(25)23(3)18(26)22(15)2)20-17(21)28-10-9-13(24)19-11-7-5-6-8-12(11)27-4/h5-8H,9-10H2,1-4H3,(H,19,24). The number of aromatic nitrogens is 4. The van der Waals surface area contributed by atoms with E-state index < -0.39 is 11.2 Å². The van der Waals surface area contributed by atoms with Gasteiger partial charge in [-0.05, 0) is 12.1 Å².